The van der Waals surface area contributed by atoms with Crippen LogP contribution < -0.4 is 4.74 Å². The maximum atomic E-state index is 13.1. The normalized spacial score (nSPS) is 19.8. The molecular weight excluding hydrogens is 463 g/mol. The van der Waals surface area contributed by atoms with Crippen molar-refractivity contribution >= 4 is 25.5 Å². The summed E-state index contributed by atoms with van der Waals surface area (Å²) < 4.78 is 6.70. The molecule has 7 nitrogen and oxygen atoms in total. The molecule has 1 radical (unpaired) electrons. The molecule has 0 N–H and O–H groups in total. The predicted octanol–water partition coefficient (Wildman–Crippen LogP) is 3.40. The van der Waals surface area contributed by atoms with Crippen molar-refractivity contribution in [1.29, 1.82) is 5.26 Å². The Morgan fingerprint density at radius 1 is 1.16 bits per heavy atom. The van der Waals surface area contributed by atoms with Crippen molar-refractivity contribution in [3.8, 4) is 11.8 Å². The molecule has 0 spiro atoms. The van der Waals surface area contributed by atoms with E-state index in [2.05, 4.69) is 41.8 Å². The van der Waals surface area contributed by atoms with Gasteiger partial charge in [-0.25, -0.2) is 0 Å². The second-order valence-electron chi connectivity index (χ2n) is 10.9. The first kappa shape index (κ1) is 27.2. The van der Waals surface area contributed by atoms with Gasteiger partial charge in [0.2, 0.25) is 5.78 Å². The number of nitrogens with zero attached hydrogens (tertiary/aromatic N) is 4. The molecule has 2 aliphatic heterocycles. The first-order valence-corrected chi connectivity index (χ1v) is 13.4. The Morgan fingerprint density at radius 2 is 1.86 bits per heavy atom. The summed E-state index contributed by atoms with van der Waals surface area (Å²) in [4.78, 5) is 30.3. The van der Waals surface area contributed by atoms with Crippen LogP contribution in [0.2, 0.25) is 0 Å². The molecular formula is C29H38BN4O3. The molecule has 4 rings (SSSR count). The summed E-state index contributed by atoms with van der Waals surface area (Å²) >= 11 is 0. The van der Waals surface area contributed by atoms with Crippen LogP contribution in [0.3, 0.4) is 0 Å². The fourth-order valence-corrected chi connectivity index (χ4v) is 5.66. The Hall–Kier alpha value is -2.89. The molecule has 0 saturated carbocycles. The van der Waals surface area contributed by atoms with Crippen LogP contribution in [-0.4, -0.2) is 86.4 Å². The van der Waals surface area contributed by atoms with Crippen LogP contribution in [0.4, 0.5) is 0 Å². The van der Waals surface area contributed by atoms with Gasteiger partial charge in [0.05, 0.1) is 6.19 Å². The van der Waals surface area contributed by atoms with Crippen molar-refractivity contribution in [3.63, 3.8) is 0 Å². The average Bonchev–Trinajstić information content (AvgIpc) is 3.30. The van der Waals surface area contributed by atoms with Crippen LogP contribution in [0.5, 0.6) is 5.75 Å². The van der Waals surface area contributed by atoms with E-state index in [9.17, 15) is 14.9 Å². The highest BCUT2D eigenvalue weighted by molar-refractivity contribution is 6.64. The highest BCUT2D eigenvalue weighted by Gasteiger charge is 2.29. The molecule has 0 amide bonds. The predicted molar refractivity (Wildman–Crippen MR) is 147 cm³/mol. The number of ketones is 1. The number of likely N-dealkylation sites (tertiary alicyclic amines) is 1. The van der Waals surface area contributed by atoms with Crippen LogP contribution in [0.15, 0.2) is 29.5 Å². The number of fused-ring (bicyclic) bond motifs is 1. The van der Waals surface area contributed by atoms with E-state index in [1.165, 1.54) is 5.56 Å². The van der Waals surface area contributed by atoms with E-state index in [1.54, 1.807) is 18.5 Å². The summed E-state index contributed by atoms with van der Waals surface area (Å²) in [5.41, 5.74) is 4.13. The summed E-state index contributed by atoms with van der Waals surface area (Å²) in [5, 5.41) is 9.53. The van der Waals surface area contributed by atoms with Gasteiger partial charge in [0.15, 0.2) is 0 Å². The highest BCUT2D eigenvalue weighted by Crippen LogP contribution is 2.40. The zero-order chi connectivity index (χ0) is 26.5. The van der Waals surface area contributed by atoms with Gasteiger partial charge in [-0.3, -0.25) is 4.79 Å². The van der Waals surface area contributed by atoms with E-state index >= 15 is 0 Å². The van der Waals surface area contributed by atoms with E-state index in [1.807, 2.05) is 20.2 Å². The van der Waals surface area contributed by atoms with Crippen molar-refractivity contribution < 1.29 is 14.3 Å². The maximum absolute atomic E-state index is 13.1. The van der Waals surface area contributed by atoms with Crippen LogP contribution in [0.25, 0.3) is 6.08 Å². The third kappa shape index (κ3) is 6.52. The number of Topliss-reactive ketones (excluding diaryl/α,β-unsaturated/α-hetero) is 1. The summed E-state index contributed by atoms with van der Waals surface area (Å²) in [6.45, 7) is 8.24. The molecule has 0 atom stereocenters. The van der Waals surface area contributed by atoms with Gasteiger partial charge in [-0.2, -0.15) is 5.26 Å². The highest BCUT2D eigenvalue weighted by atomic mass is 16.5. The Bertz CT molecular complexity index is 1100. The smallest absolute Gasteiger partial charge is 0.293 e. The van der Waals surface area contributed by atoms with Crippen LogP contribution in [0, 0.1) is 11.3 Å². The fraction of sp³-hybridized carbons (Fsp3) is 0.552. The van der Waals surface area contributed by atoms with Crippen molar-refractivity contribution in [1.82, 2.24) is 14.6 Å². The number of hydrogen-bond acceptors (Lipinski definition) is 7. The van der Waals surface area contributed by atoms with Crippen molar-refractivity contribution in [3.05, 3.63) is 46.2 Å². The minimum absolute atomic E-state index is 0.150. The molecule has 1 aliphatic carbocycles. The van der Waals surface area contributed by atoms with Crippen LogP contribution in [0.1, 0.15) is 62.1 Å². The second kappa shape index (κ2) is 12.1. The quantitative estimate of drug-likeness (QED) is 0.222. The molecule has 195 valence electrons. The number of carbonyl (C=O) groups excluding carboxylic acids is 2. The molecule has 0 unspecified atom stereocenters. The lowest BCUT2D eigenvalue weighted by molar-refractivity contribution is -0.111. The lowest BCUT2D eigenvalue weighted by Gasteiger charge is -2.36. The van der Waals surface area contributed by atoms with E-state index < -0.39 is 0 Å². The number of piperidine rings is 2. The first-order valence-electron chi connectivity index (χ1n) is 13.4. The number of nitriles is 1. The third-order valence-corrected chi connectivity index (χ3v) is 7.77. The van der Waals surface area contributed by atoms with Gasteiger partial charge >= 0.3 is 0 Å². The standard InChI is InChI=1S/C29H38BN4O3/c1-20(2)33-9-7-26(8-10-33)37-28-16-23-14-24(29(36)25(17-31)18-32(3)4)13-22(23)15-27(28)21-5-11-34(12-6-21)30-19-35/h14-16,18-21,26H,5-13H2,1-4H3/b25-18+. The van der Waals surface area contributed by atoms with Crippen LogP contribution >= 0.6 is 0 Å². The molecule has 2 saturated heterocycles. The minimum atomic E-state index is -0.213. The zero-order valence-electron chi connectivity index (χ0n) is 22.6. The molecule has 2 heterocycles. The largest absolute Gasteiger partial charge is 0.490 e. The number of allylic oxidation sites excluding steroid dienone is 2. The summed E-state index contributed by atoms with van der Waals surface area (Å²) in [6, 6.07) is 6.96. The van der Waals surface area contributed by atoms with Crippen molar-refractivity contribution in [2.45, 2.75) is 64.0 Å². The SMILES string of the molecule is CC(C)N1CCC(Oc2cc3c(cc2C2CCN([B]C=O)CC2)CC(C(=O)/C(C#N)=C/N(C)C)=C3)CC1. The van der Waals surface area contributed by atoms with E-state index in [0.29, 0.717) is 24.0 Å². The average molecular weight is 501 g/mol. The zero-order valence-corrected chi connectivity index (χ0v) is 22.6. The Kier molecular flexibility index (Phi) is 8.89. The van der Waals surface area contributed by atoms with Gasteiger partial charge in [-0.1, -0.05) is 6.07 Å². The molecule has 1 aromatic rings. The second-order valence-corrected chi connectivity index (χ2v) is 10.9. The molecule has 0 bridgehead atoms. The van der Waals surface area contributed by atoms with Gasteiger partial charge in [0.1, 0.15) is 23.5 Å². The number of benzene rings is 1. The Labute approximate surface area is 222 Å². The summed E-state index contributed by atoms with van der Waals surface area (Å²) in [7, 11) is 5.25. The number of hydrogen-bond donors (Lipinski definition) is 0. The van der Waals surface area contributed by atoms with E-state index in [0.717, 1.165) is 74.9 Å². The summed E-state index contributed by atoms with van der Waals surface area (Å²) in [5.74, 6) is 1.06. The Balaban J connectivity index is 1.58. The number of carbonyl (C=O) groups is 2. The monoisotopic (exact) mass is 501 g/mol. The van der Waals surface area contributed by atoms with E-state index in [-0.39, 0.29) is 17.5 Å². The van der Waals surface area contributed by atoms with Crippen molar-refractivity contribution in [2.75, 3.05) is 40.3 Å². The minimum Gasteiger partial charge on any atom is -0.490 e. The molecule has 8 heteroatoms. The fourth-order valence-electron chi connectivity index (χ4n) is 5.66. The van der Waals surface area contributed by atoms with E-state index in [4.69, 9.17) is 4.74 Å². The molecule has 3 aliphatic rings. The topological polar surface area (TPSA) is 76.9 Å². The number of ether oxygens (including phenoxy) is 1. The Morgan fingerprint density at radius 3 is 2.46 bits per heavy atom. The van der Waals surface area contributed by atoms with Gasteiger partial charge < -0.3 is 24.1 Å². The molecule has 1 aromatic carbocycles. The summed E-state index contributed by atoms with van der Waals surface area (Å²) in [6.07, 6.45) is 8.98. The maximum Gasteiger partial charge on any atom is 0.293 e. The molecule has 37 heavy (non-hydrogen) atoms. The van der Waals surface area contributed by atoms with Gasteiger partial charge in [-0.05, 0) is 87.4 Å². The lowest BCUT2D eigenvalue weighted by atomic mass is 9.83. The third-order valence-electron chi connectivity index (χ3n) is 7.77. The van der Waals surface area contributed by atoms with Crippen molar-refractivity contribution in [2.24, 2.45) is 0 Å². The first-order chi connectivity index (χ1) is 17.8. The molecule has 0 aromatic heterocycles. The van der Waals surface area contributed by atoms with Gasteiger partial charge in [-0.15, -0.1) is 0 Å². The van der Waals surface area contributed by atoms with Gasteiger partial charge in [0, 0.05) is 51.4 Å². The lowest BCUT2D eigenvalue weighted by Crippen LogP contribution is -2.42. The molecule has 2 fully saturated rings. The van der Waals surface area contributed by atoms with Crippen LogP contribution in [-0.2, 0) is 16.0 Å². The number of rotatable bonds is 9. The van der Waals surface area contributed by atoms with Gasteiger partial charge in [0.25, 0.3) is 7.41 Å².